The van der Waals surface area contributed by atoms with Gasteiger partial charge in [-0.15, -0.1) is 0 Å². The summed E-state index contributed by atoms with van der Waals surface area (Å²) in [5.74, 6) is 0.249. The van der Waals surface area contributed by atoms with Crippen molar-refractivity contribution in [2.75, 3.05) is 10.6 Å². The summed E-state index contributed by atoms with van der Waals surface area (Å²) >= 11 is 1.34. The Hall–Kier alpha value is -3.59. The Morgan fingerprint density at radius 3 is 2.76 bits per heavy atom. The van der Waals surface area contributed by atoms with E-state index in [0.717, 1.165) is 15.9 Å². The Morgan fingerprint density at radius 1 is 1.17 bits per heavy atom. The predicted octanol–water partition coefficient (Wildman–Crippen LogP) is 3.65. The van der Waals surface area contributed by atoms with E-state index in [0.29, 0.717) is 28.6 Å². The van der Waals surface area contributed by atoms with Crippen molar-refractivity contribution in [1.82, 2.24) is 19.7 Å². The second-order valence-electron chi connectivity index (χ2n) is 6.30. The van der Waals surface area contributed by atoms with Crippen molar-refractivity contribution in [1.29, 1.82) is 0 Å². The zero-order chi connectivity index (χ0) is 20.4. The Kier molecular flexibility index (Phi) is 5.05. The number of pyridine rings is 1. The molecule has 4 rings (SSSR count). The van der Waals surface area contributed by atoms with Crippen LogP contribution in [0.5, 0.6) is 0 Å². The lowest BCUT2D eigenvalue weighted by atomic mass is 10.2. The summed E-state index contributed by atoms with van der Waals surface area (Å²) < 4.78 is 2.54. The molecule has 4 aromatic rings. The molecule has 0 radical (unpaired) electrons. The Morgan fingerprint density at radius 2 is 2.03 bits per heavy atom. The van der Waals surface area contributed by atoms with Crippen LogP contribution in [0.1, 0.15) is 29.9 Å². The van der Waals surface area contributed by atoms with Crippen LogP contribution in [0.15, 0.2) is 48.8 Å². The van der Waals surface area contributed by atoms with Gasteiger partial charge in [0, 0.05) is 18.8 Å². The molecule has 3 heterocycles. The molecule has 0 aliphatic carbocycles. The fourth-order valence-electron chi connectivity index (χ4n) is 3.00. The number of carbonyl (C=O) groups is 2. The summed E-state index contributed by atoms with van der Waals surface area (Å²) in [5, 5.41) is 10.4. The van der Waals surface area contributed by atoms with E-state index in [1.165, 1.54) is 18.3 Å². The lowest BCUT2D eigenvalue weighted by Crippen LogP contribution is -2.14. The number of carbonyl (C=O) groups excluding carboxylic acids is 2. The molecule has 0 atom stereocenters. The van der Waals surface area contributed by atoms with Gasteiger partial charge in [-0.3, -0.25) is 14.9 Å². The normalized spacial score (nSPS) is 10.8. The van der Waals surface area contributed by atoms with E-state index in [1.54, 1.807) is 23.1 Å². The highest BCUT2D eigenvalue weighted by atomic mass is 32.1. The maximum atomic E-state index is 12.9. The van der Waals surface area contributed by atoms with Crippen molar-refractivity contribution in [2.45, 2.75) is 20.3 Å². The number of hydrogen-bond acceptors (Lipinski definition) is 6. The third-order valence-corrected chi connectivity index (χ3v) is 5.18. The smallest absolute Gasteiger partial charge is 0.260 e. The second kappa shape index (κ2) is 7.80. The number of hydrogen-bond donors (Lipinski definition) is 2. The van der Waals surface area contributed by atoms with Crippen molar-refractivity contribution >= 4 is 44.2 Å². The molecule has 8 nitrogen and oxygen atoms in total. The average Bonchev–Trinajstić information content (AvgIpc) is 3.31. The first kappa shape index (κ1) is 18.8. The molecule has 0 fully saturated rings. The zero-order valence-electron chi connectivity index (χ0n) is 15.8. The molecule has 29 heavy (non-hydrogen) atoms. The highest BCUT2D eigenvalue weighted by molar-refractivity contribution is 7.22. The monoisotopic (exact) mass is 406 g/mol. The maximum Gasteiger partial charge on any atom is 0.260 e. The van der Waals surface area contributed by atoms with Gasteiger partial charge in [-0.25, -0.2) is 14.6 Å². The molecular formula is C20H18N6O2S. The van der Waals surface area contributed by atoms with Gasteiger partial charge in [0.05, 0.1) is 27.7 Å². The van der Waals surface area contributed by atoms with Crippen LogP contribution in [-0.4, -0.2) is 31.6 Å². The maximum absolute atomic E-state index is 12.9. The lowest BCUT2D eigenvalue weighted by molar-refractivity contribution is -0.114. The fraction of sp³-hybridized carbons (Fsp3) is 0.150. The number of amides is 2. The van der Waals surface area contributed by atoms with Crippen LogP contribution < -0.4 is 10.6 Å². The van der Waals surface area contributed by atoms with Gasteiger partial charge in [-0.1, -0.05) is 24.3 Å². The van der Waals surface area contributed by atoms with Crippen LogP contribution in [-0.2, 0) is 11.2 Å². The Bertz CT molecular complexity index is 1200. The quantitative estimate of drug-likeness (QED) is 0.527. The van der Waals surface area contributed by atoms with Crippen molar-refractivity contribution in [3.8, 4) is 5.82 Å². The van der Waals surface area contributed by atoms with E-state index in [1.807, 2.05) is 37.3 Å². The van der Waals surface area contributed by atoms with Crippen molar-refractivity contribution in [2.24, 2.45) is 0 Å². The van der Waals surface area contributed by atoms with Gasteiger partial charge in [-0.05, 0) is 36.8 Å². The van der Waals surface area contributed by atoms with Crippen LogP contribution in [0.3, 0.4) is 0 Å². The number of benzene rings is 1. The summed E-state index contributed by atoms with van der Waals surface area (Å²) in [6, 6.07) is 11.0. The average molecular weight is 406 g/mol. The number of nitrogens with zero attached hydrogens (tertiary/aromatic N) is 4. The van der Waals surface area contributed by atoms with Crippen LogP contribution in [0, 0.1) is 0 Å². The molecule has 0 spiro atoms. The van der Waals surface area contributed by atoms with Gasteiger partial charge in [0.1, 0.15) is 0 Å². The molecule has 0 saturated heterocycles. The molecule has 3 aromatic heterocycles. The van der Waals surface area contributed by atoms with Gasteiger partial charge < -0.3 is 5.32 Å². The Balaban J connectivity index is 1.59. The summed E-state index contributed by atoms with van der Waals surface area (Å²) in [6.45, 7) is 3.42. The van der Waals surface area contributed by atoms with E-state index in [9.17, 15) is 9.59 Å². The second-order valence-corrected chi connectivity index (χ2v) is 7.33. The zero-order valence-corrected chi connectivity index (χ0v) is 16.7. The number of thiazole rings is 1. The minimum absolute atomic E-state index is 0.139. The van der Waals surface area contributed by atoms with Gasteiger partial charge >= 0.3 is 0 Å². The molecule has 1 aromatic carbocycles. The first-order valence-corrected chi connectivity index (χ1v) is 9.84. The first-order valence-electron chi connectivity index (χ1n) is 9.03. The van der Waals surface area contributed by atoms with Crippen LogP contribution in [0.2, 0.25) is 0 Å². The largest absolute Gasteiger partial charge is 0.326 e. The first-order chi connectivity index (χ1) is 14.0. The summed E-state index contributed by atoms with van der Waals surface area (Å²) in [6.07, 6.45) is 3.86. The molecule has 0 unspecified atom stereocenters. The SMILES string of the molecule is CCc1c(C(=O)Nc2nc3ccc(NC(C)=O)cc3s2)cnn1-c1ccccn1. The summed E-state index contributed by atoms with van der Waals surface area (Å²) in [4.78, 5) is 32.8. The van der Waals surface area contributed by atoms with E-state index in [-0.39, 0.29) is 11.8 Å². The van der Waals surface area contributed by atoms with Crippen molar-refractivity contribution in [3.05, 3.63) is 60.0 Å². The van der Waals surface area contributed by atoms with Gasteiger partial charge in [0.25, 0.3) is 5.91 Å². The van der Waals surface area contributed by atoms with Crippen molar-refractivity contribution in [3.63, 3.8) is 0 Å². The highest BCUT2D eigenvalue weighted by Crippen LogP contribution is 2.29. The lowest BCUT2D eigenvalue weighted by Gasteiger charge is -2.06. The predicted molar refractivity (Wildman–Crippen MR) is 113 cm³/mol. The van der Waals surface area contributed by atoms with E-state index < -0.39 is 0 Å². The van der Waals surface area contributed by atoms with Crippen LogP contribution in [0.25, 0.3) is 16.0 Å². The minimum Gasteiger partial charge on any atom is -0.326 e. The number of rotatable bonds is 5. The number of aromatic nitrogens is 4. The van der Waals surface area contributed by atoms with E-state index >= 15 is 0 Å². The van der Waals surface area contributed by atoms with Crippen LogP contribution >= 0.6 is 11.3 Å². The molecule has 0 aliphatic heterocycles. The molecule has 146 valence electrons. The third kappa shape index (κ3) is 3.85. The fourth-order valence-corrected chi connectivity index (χ4v) is 3.90. The molecule has 2 N–H and O–H groups in total. The number of anilines is 2. The third-order valence-electron chi connectivity index (χ3n) is 4.24. The molecule has 0 bridgehead atoms. The summed E-state index contributed by atoms with van der Waals surface area (Å²) in [5.41, 5.74) is 2.70. The van der Waals surface area contributed by atoms with Crippen LogP contribution in [0.4, 0.5) is 10.8 Å². The molecule has 0 saturated carbocycles. The Labute approximate surface area is 170 Å². The number of nitrogens with one attached hydrogen (secondary N) is 2. The van der Waals surface area contributed by atoms with E-state index in [2.05, 4.69) is 25.7 Å². The molecule has 0 aliphatic rings. The molecular weight excluding hydrogens is 388 g/mol. The molecule has 2 amide bonds. The molecule has 9 heteroatoms. The van der Waals surface area contributed by atoms with E-state index in [4.69, 9.17) is 0 Å². The minimum atomic E-state index is -0.273. The van der Waals surface area contributed by atoms with Gasteiger partial charge in [0.2, 0.25) is 5.91 Å². The summed E-state index contributed by atoms with van der Waals surface area (Å²) in [7, 11) is 0. The number of fused-ring (bicyclic) bond motifs is 1. The van der Waals surface area contributed by atoms with Gasteiger partial charge in [-0.2, -0.15) is 5.10 Å². The topological polar surface area (TPSA) is 102 Å². The van der Waals surface area contributed by atoms with Gasteiger partial charge in [0.15, 0.2) is 10.9 Å². The standard InChI is InChI=1S/C20H18N6O2S/c1-3-16-14(11-22-26(16)18-6-4-5-9-21-18)19(28)25-20-24-15-8-7-13(23-12(2)27)10-17(15)29-20/h4-11H,3H2,1-2H3,(H,23,27)(H,24,25,28). The highest BCUT2D eigenvalue weighted by Gasteiger charge is 2.19. The van der Waals surface area contributed by atoms with Crippen molar-refractivity contribution < 1.29 is 9.59 Å².